The summed E-state index contributed by atoms with van der Waals surface area (Å²) < 4.78 is 2.15. The Labute approximate surface area is 157 Å². The van der Waals surface area contributed by atoms with Gasteiger partial charge in [0, 0.05) is 45.6 Å². The molecule has 3 rings (SSSR count). The van der Waals surface area contributed by atoms with Crippen LogP contribution in [0.3, 0.4) is 0 Å². The van der Waals surface area contributed by atoms with Gasteiger partial charge in [-0.05, 0) is 49.2 Å². The summed E-state index contributed by atoms with van der Waals surface area (Å²) in [6.07, 6.45) is 8.23. The Morgan fingerprint density at radius 2 is 1.65 bits per heavy atom. The van der Waals surface area contributed by atoms with Crippen molar-refractivity contribution in [3.63, 3.8) is 0 Å². The van der Waals surface area contributed by atoms with Crippen molar-refractivity contribution >= 4 is 5.96 Å². The summed E-state index contributed by atoms with van der Waals surface area (Å²) in [5, 5.41) is 6.74. The van der Waals surface area contributed by atoms with Gasteiger partial charge in [0.25, 0.3) is 0 Å². The number of aromatic nitrogens is 1. The quantitative estimate of drug-likeness (QED) is 0.594. The highest BCUT2D eigenvalue weighted by atomic mass is 15.2. The Bertz CT molecular complexity index is 654. The van der Waals surface area contributed by atoms with Crippen molar-refractivity contribution in [2.75, 3.05) is 26.7 Å². The van der Waals surface area contributed by atoms with Gasteiger partial charge in [0.2, 0.25) is 0 Å². The molecule has 0 aliphatic carbocycles. The van der Waals surface area contributed by atoms with Crippen LogP contribution < -0.4 is 10.6 Å². The standard InChI is InChI=1S/C21H31N5/c1-22-21(23-11-16-25-12-5-6-13-25)24-17-19-7-9-20(10-8-19)18-26-14-3-2-4-15-26/h5-10,12-13H,2-4,11,14-18H2,1H3,(H2,22,23,24). The lowest BCUT2D eigenvalue weighted by molar-refractivity contribution is 0.221. The molecule has 2 aromatic rings. The van der Waals surface area contributed by atoms with Gasteiger partial charge in [-0.25, -0.2) is 0 Å². The Hall–Kier alpha value is -2.27. The molecule has 1 aliphatic rings. The third kappa shape index (κ3) is 5.92. The summed E-state index contributed by atoms with van der Waals surface area (Å²) in [7, 11) is 1.81. The topological polar surface area (TPSA) is 44.6 Å². The summed E-state index contributed by atoms with van der Waals surface area (Å²) >= 11 is 0. The van der Waals surface area contributed by atoms with E-state index in [1.807, 2.05) is 19.2 Å². The van der Waals surface area contributed by atoms with Crippen molar-refractivity contribution in [3.05, 3.63) is 59.9 Å². The molecule has 5 heteroatoms. The first-order valence-corrected chi connectivity index (χ1v) is 9.69. The first-order chi connectivity index (χ1) is 12.8. The molecule has 0 atom stereocenters. The molecule has 1 aromatic heterocycles. The van der Waals surface area contributed by atoms with Crippen LogP contribution in [-0.2, 0) is 19.6 Å². The number of benzene rings is 1. The first-order valence-electron chi connectivity index (χ1n) is 9.69. The van der Waals surface area contributed by atoms with E-state index in [-0.39, 0.29) is 0 Å². The number of nitrogens with zero attached hydrogens (tertiary/aromatic N) is 3. The summed E-state index contributed by atoms with van der Waals surface area (Å²) in [5.41, 5.74) is 2.69. The van der Waals surface area contributed by atoms with Crippen LogP contribution in [0.25, 0.3) is 0 Å². The molecule has 2 heterocycles. The molecule has 0 amide bonds. The van der Waals surface area contributed by atoms with Crippen LogP contribution in [0.15, 0.2) is 53.8 Å². The second-order valence-corrected chi connectivity index (χ2v) is 6.93. The Balaban J connectivity index is 1.39. The third-order valence-corrected chi connectivity index (χ3v) is 4.89. The highest BCUT2D eigenvalue weighted by molar-refractivity contribution is 5.79. The van der Waals surface area contributed by atoms with E-state index in [0.29, 0.717) is 0 Å². The second-order valence-electron chi connectivity index (χ2n) is 6.93. The van der Waals surface area contributed by atoms with Gasteiger partial charge in [0.05, 0.1) is 0 Å². The van der Waals surface area contributed by atoms with Crippen LogP contribution in [0.4, 0.5) is 0 Å². The Kier molecular flexibility index (Phi) is 7.14. The summed E-state index contributed by atoms with van der Waals surface area (Å²) in [5.74, 6) is 0.842. The number of likely N-dealkylation sites (tertiary alicyclic amines) is 1. The maximum atomic E-state index is 4.30. The first kappa shape index (κ1) is 18.5. The minimum Gasteiger partial charge on any atom is -0.355 e. The lowest BCUT2D eigenvalue weighted by Crippen LogP contribution is -2.38. The van der Waals surface area contributed by atoms with Gasteiger partial charge in [0.1, 0.15) is 0 Å². The molecule has 1 saturated heterocycles. The second kappa shape index (κ2) is 10.0. The minimum atomic E-state index is 0.785. The van der Waals surface area contributed by atoms with Crippen molar-refractivity contribution < 1.29 is 0 Å². The summed E-state index contributed by atoms with van der Waals surface area (Å²) in [6, 6.07) is 13.0. The highest BCUT2D eigenvalue weighted by Crippen LogP contribution is 2.13. The maximum Gasteiger partial charge on any atom is 0.191 e. The van der Waals surface area contributed by atoms with Crippen LogP contribution >= 0.6 is 0 Å². The van der Waals surface area contributed by atoms with Gasteiger partial charge in [-0.1, -0.05) is 30.7 Å². The molecule has 0 bridgehead atoms. The summed E-state index contributed by atoms with van der Waals surface area (Å²) in [6.45, 7) is 6.13. The molecular weight excluding hydrogens is 322 g/mol. The number of rotatable bonds is 7. The fourth-order valence-corrected chi connectivity index (χ4v) is 3.37. The van der Waals surface area contributed by atoms with Gasteiger partial charge >= 0.3 is 0 Å². The van der Waals surface area contributed by atoms with Gasteiger partial charge in [0.15, 0.2) is 5.96 Å². The average Bonchev–Trinajstić information content (AvgIpc) is 3.20. The smallest absolute Gasteiger partial charge is 0.191 e. The number of hydrogen-bond acceptors (Lipinski definition) is 2. The van der Waals surface area contributed by atoms with Gasteiger partial charge < -0.3 is 15.2 Å². The van der Waals surface area contributed by atoms with Gasteiger partial charge in [-0.3, -0.25) is 9.89 Å². The van der Waals surface area contributed by atoms with Crippen LogP contribution in [0.2, 0.25) is 0 Å². The van der Waals surface area contributed by atoms with E-state index in [0.717, 1.165) is 32.1 Å². The number of piperidine rings is 1. The zero-order valence-electron chi connectivity index (χ0n) is 15.8. The van der Waals surface area contributed by atoms with Crippen molar-refractivity contribution in [1.82, 2.24) is 20.1 Å². The zero-order valence-corrected chi connectivity index (χ0v) is 15.8. The Morgan fingerprint density at radius 3 is 2.35 bits per heavy atom. The van der Waals surface area contributed by atoms with E-state index in [9.17, 15) is 0 Å². The van der Waals surface area contributed by atoms with Crippen LogP contribution in [0, 0.1) is 0 Å². The number of aliphatic imine (C=N–C) groups is 1. The SMILES string of the molecule is CN=C(NCCn1cccc1)NCc1ccc(CN2CCCCC2)cc1. The lowest BCUT2D eigenvalue weighted by Gasteiger charge is -2.26. The van der Waals surface area contributed by atoms with Crippen molar-refractivity contribution in [2.45, 2.75) is 38.9 Å². The largest absolute Gasteiger partial charge is 0.355 e. The van der Waals surface area contributed by atoms with E-state index < -0.39 is 0 Å². The molecule has 2 N–H and O–H groups in total. The van der Waals surface area contributed by atoms with Crippen LogP contribution in [-0.4, -0.2) is 42.1 Å². The lowest BCUT2D eigenvalue weighted by atomic mass is 10.1. The average molecular weight is 354 g/mol. The van der Waals surface area contributed by atoms with Crippen molar-refractivity contribution in [3.8, 4) is 0 Å². The number of nitrogens with one attached hydrogen (secondary N) is 2. The molecule has 0 radical (unpaired) electrons. The molecule has 26 heavy (non-hydrogen) atoms. The number of hydrogen-bond donors (Lipinski definition) is 2. The van der Waals surface area contributed by atoms with Gasteiger partial charge in [-0.15, -0.1) is 0 Å². The molecule has 5 nitrogen and oxygen atoms in total. The van der Waals surface area contributed by atoms with Crippen molar-refractivity contribution in [1.29, 1.82) is 0 Å². The van der Waals surface area contributed by atoms with Crippen molar-refractivity contribution in [2.24, 2.45) is 4.99 Å². The van der Waals surface area contributed by atoms with E-state index in [1.54, 1.807) is 0 Å². The zero-order chi connectivity index (χ0) is 18.0. The minimum absolute atomic E-state index is 0.785. The summed E-state index contributed by atoms with van der Waals surface area (Å²) in [4.78, 5) is 6.86. The molecule has 0 spiro atoms. The fourth-order valence-electron chi connectivity index (χ4n) is 3.37. The third-order valence-electron chi connectivity index (χ3n) is 4.89. The molecule has 1 aliphatic heterocycles. The predicted molar refractivity (Wildman–Crippen MR) is 108 cm³/mol. The molecule has 0 saturated carbocycles. The van der Waals surface area contributed by atoms with Crippen LogP contribution in [0.5, 0.6) is 0 Å². The highest BCUT2D eigenvalue weighted by Gasteiger charge is 2.10. The predicted octanol–water partition coefficient (Wildman–Crippen LogP) is 2.84. The Morgan fingerprint density at radius 1 is 0.962 bits per heavy atom. The van der Waals surface area contributed by atoms with Crippen LogP contribution in [0.1, 0.15) is 30.4 Å². The normalized spacial score (nSPS) is 15.8. The molecule has 1 fully saturated rings. The molecular formula is C21H31N5. The maximum absolute atomic E-state index is 4.30. The van der Waals surface area contributed by atoms with E-state index in [4.69, 9.17) is 0 Å². The van der Waals surface area contributed by atoms with E-state index in [2.05, 4.69) is 61.8 Å². The van der Waals surface area contributed by atoms with Gasteiger partial charge in [-0.2, -0.15) is 0 Å². The number of guanidine groups is 1. The molecule has 1 aromatic carbocycles. The fraction of sp³-hybridized carbons (Fsp3) is 0.476. The monoisotopic (exact) mass is 353 g/mol. The van der Waals surface area contributed by atoms with E-state index >= 15 is 0 Å². The molecule has 140 valence electrons. The van der Waals surface area contributed by atoms with E-state index in [1.165, 1.54) is 43.5 Å². The molecule has 0 unspecified atom stereocenters.